The molecule has 0 spiro atoms. The number of benzene rings is 2. The third-order valence-electron chi connectivity index (χ3n) is 3.73. The van der Waals surface area contributed by atoms with Crippen LogP contribution >= 0.6 is 11.3 Å². The summed E-state index contributed by atoms with van der Waals surface area (Å²) < 4.78 is 2.63. The molecule has 1 heterocycles. The zero-order valence-electron chi connectivity index (χ0n) is 12.4. The Bertz CT molecular complexity index is 909. The summed E-state index contributed by atoms with van der Waals surface area (Å²) in [5, 5.41) is 2.64. The molecular formula is C20H18S. The van der Waals surface area contributed by atoms with Gasteiger partial charge in [0.05, 0.1) is 0 Å². The minimum absolute atomic E-state index is 1.21. The van der Waals surface area contributed by atoms with E-state index in [-0.39, 0.29) is 0 Å². The van der Waals surface area contributed by atoms with Crippen molar-refractivity contribution in [3.05, 3.63) is 82.1 Å². The van der Waals surface area contributed by atoms with Gasteiger partial charge in [-0.25, -0.2) is 0 Å². The summed E-state index contributed by atoms with van der Waals surface area (Å²) in [6, 6.07) is 17.2. The van der Waals surface area contributed by atoms with Crippen LogP contribution in [0.3, 0.4) is 0 Å². The topological polar surface area (TPSA) is 0 Å². The Morgan fingerprint density at radius 2 is 1.76 bits per heavy atom. The third-order valence-corrected chi connectivity index (χ3v) is 4.95. The molecule has 0 saturated carbocycles. The molecule has 3 rings (SSSR count). The normalized spacial score (nSPS) is 13.5. The number of fused-ring (bicyclic) bond motifs is 1. The molecule has 21 heavy (non-hydrogen) atoms. The molecule has 0 unspecified atom stereocenters. The number of thiophene rings is 1. The molecule has 1 heteroatoms. The lowest BCUT2D eigenvalue weighted by atomic mass is 10.0. The fourth-order valence-corrected chi connectivity index (χ4v) is 3.93. The molecule has 0 saturated heterocycles. The van der Waals surface area contributed by atoms with Gasteiger partial charge in [-0.3, -0.25) is 0 Å². The predicted molar refractivity (Wildman–Crippen MR) is 95.1 cm³/mol. The summed E-state index contributed by atoms with van der Waals surface area (Å²) in [4.78, 5) is 0. The van der Waals surface area contributed by atoms with Crippen molar-refractivity contribution in [1.29, 1.82) is 0 Å². The van der Waals surface area contributed by atoms with Crippen LogP contribution in [0.2, 0.25) is 0 Å². The van der Waals surface area contributed by atoms with E-state index < -0.39 is 0 Å². The van der Waals surface area contributed by atoms with Crippen LogP contribution in [0.5, 0.6) is 0 Å². The van der Waals surface area contributed by atoms with E-state index in [0.717, 1.165) is 0 Å². The van der Waals surface area contributed by atoms with E-state index in [1.807, 2.05) is 17.4 Å². The van der Waals surface area contributed by atoms with Crippen LogP contribution in [-0.2, 0) is 0 Å². The molecule has 0 atom stereocenters. The van der Waals surface area contributed by atoms with E-state index in [1.165, 1.54) is 36.5 Å². The number of hydrogen-bond donors (Lipinski definition) is 0. The summed E-state index contributed by atoms with van der Waals surface area (Å²) >= 11 is 1.84. The first-order chi connectivity index (χ1) is 10.2. The van der Waals surface area contributed by atoms with Gasteiger partial charge in [0.1, 0.15) is 0 Å². The van der Waals surface area contributed by atoms with Gasteiger partial charge in [0.15, 0.2) is 0 Å². The van der Waals surface area contributed by atoms with Crippen LogP contribution in [-0.4, -0.2) is 0 Å². The van der Waals surface area contributed by atoms with Crippen molar-refractivity contribution < 1.29 is 0 Å². The molecule has 2 aromatic carbocycles. The molecule has 0 amide bonds. The molecule has 0 N–H and O–H groups in total. The molecule has 0 fully saturated rings. The van der Waals surface area contributed by atoms with Crippen molar-refractivity contribution in [1.82, 2.24) is 0 Å². The highest BCUT2D eigenvalue weighted by atomic mass is 32.1. The Kier molecular flexibility index (Phi) is 3.76. The molecule has 104 valence electrons. The molecule has 3 aromatic rings. The number of aryl methyl sites for hydroxylation is 1. The van der Waals surface area contributed by atoms with Gasteiger partial charge in [-0.2, -0.15) is 0 Å². The highest BCUT2D eigenvalue weighted by molar-refractivity contribution is 7.17. The summed E-state index contributed by atoms with van der Waals surface area (Å²) in [5.41, 5.74) is 3.72. The fourth-order valence-electron chi connectivity index (χ4n) is 2.63. The first kappa shape index (κ1) is 13.8. The van der Waals surface area contributed by atoms with Gasteiger partial charge in [0.25, 0.3) is 0 Å². The number of rotatable bonds is 2. The van der Waals surface area contributed by atoms with Crippen molar-refractivity contribution in [2.45, 2.75) is 13.8 Å². The Balaban J connectivity index is 2.44. The summed E-state index contributed by atoms with van der Waals surface area (Å²) in [7, 11) is 0. The SMILES string of the molecule is C=C/C(c1ccc(C)cc1)=c1/sc2ccccc2/c1=C/C. The summed E-state index contributed by atoms with van der Waals surface area (Å²) in [5.74, 6) is 0. The Labute approximate surface area is 129 Å². The Morgan fingerprint density at radius 1 is 1.05 bits per heavy atom. The van der Waals surface area contributed by atoms with Crippen LogP contribution in [0, 0.1) is 6.92 Å². The summed E-state index contributed by atoms with van der Waals surface area (Å²) in [6.45, 7) is 8.26. The van der Waals surface area contributed by atoms with Crippen molar-refractivity contribution in [3.63, 3.8) is 0 Å². The lowest BCUT2D eigenvalue weighted by Gasteiger charge is -2.02. The summed E-state index contributed by atoms with van der Waals surface area (Å²) in [6.07, 6.45) is 4.17. The number of allylic oxidation sites excluding steroid dienone is 1. The second-order valence-corrected chi connectivity index (χ2v) is 6.17. The maximum absolute atomic E-state index is 4.04. The lowest BCUT2D eigenvalue weighted by molar-refractivity contribution is 1.45. The van der Waals surface area contributed by atoms with E-state index in [2.05, 4.69) is 75.0 Å². The van der Waals surface area contributed by atoms with E-state index in [1.54, 1.807) is 0 Å². The first-order valence-corrected chi connectivity index (χ1v) is 7.94. The molecule has 0 bridgehead atoms. The Hall–Kier alpha value is -2.12. The molecule has 0 nitrogen and oxygen atoms in total. The van der Waals surface area contributed by atoms with Gasteiger partial charge >= 0.3 is 0 Å². The molecule has 0 aliphatic rings. The largest absolute Gasteiger partial charge is 0.135 e. The van der Waals surface area contributed by atoms with E-state index in [0.29, 0.717) is 0 Å². The smallest absolute Gasteiger partial charge is 0.0430 e. The fraction of sp³-hybridized carbons (Fsp3) is 0.100. The second kappa shape index (κ2) is 5.71. The van der Waals surface area contributed by atoms with E-state index in [9.17, 15) is 0 Å². The highest BCUT2D eigenvalue weighted by Crippen LogP contribution is 2.17. The van der Waals surface area contributed by atoms with Gasteiger partial charge in [0.2, 0.25) is 0 Å². The lowest BCUT2D eigenvalue weighted by Crippen LogP contribution is -2.21. The number of hydrogen-bond acceptors (Lipinski definition) is 1. The van der Waals surface area contributed by atoms with Gasteiger partial charge < -0.3 is 0 Å². The quantitative estimate of drug-likeness (QED) is 0.656. The van der Waals surface area contributed by atoms with Crippen molar-refractivity contribution in [2.75, 3.05) is 0 Å². The minimum Gasteiger partial charge on any atom is -0.135 e. The van der Waals surface area contributed by atoms with Crippen LogP contribution in [0.15, 0.2) is 61.2 Å². The molecule has 0 aliphatic heterocycles. The van der Waals surface area contributed by atoms with Crippen molar-refractivity contribution in [2.24, 2.45) is 0 Å². The predicted octanol–water partition coefficient (Wildman–Crippen LogP) is 4.40. The van der Waals surface area contributed by atoms with Gasteiger partial charge in [-0.15, -0.1) is 11.3 Å². The molecule has 0 aliphatic carbocycles. The van der Waals surface area contributed by atoms with Crippen molar-refractivity contribution in [3.8, 4) is 0 Å². The monoisotopic (exact) mass is 290 g/mol. The van der Waals surface area contributed by atoms with Crippen molar-refractivity contribution >= 4 is 33.1 Å². The maximum atomic E-state index is 4.04. The van der Waals surface area contributed by atoms with Crippen LogP contribution < -0.4 is 9.75 Å². The zero-order valence-corrected chi connectivity index (χ0v) is 13.2. The Morgan fingerprint density at radius 3 is 2.43 bits per heavy atom. The molecule has 1 aromatic heterocycles. The van der Waals surface area contributed by atoms with Gasteiger partial charge in [-0.1, -0.05) is 66.8 Å². The molecular weight excluding hydrogens is 272 g/mol. The third kappa shape index (κ3) is 2.45. The van der Waals surface area contributed by atoms with E-state index in [4.69, 9.17) is 0 Å². The van der Waals surface area contributed by atoms with Gasteiger partial charge in [0, 0.05) is 9.23 Å². The standard InChI is InChI=1S/C20H18S/c1-4-16(15-12-10-14(3)11-13-15)20-17(5-2)18-8-6-7-9-19(18)21-20/h4-13H,1H2,2-3H3/b17-5-,20-16-. The highest BCUT2D eigenvalue weighted by Gasteiger charge is 2.05. The average Bonchev–Trinajstić information content (AvgIpc) is 2.88. The average molecular weight is 290 g/mol. The van der Waals surface area contributed by atoms with Crippen LogP contribution in [0.25, 0.3) is 21.7 Å². The van der Waals surface area contributed by atoms with E-state index >= 15 is 0 Å². The minimum atomic E-state index is 1.21. The zero-order chi connectivity index (χ0) is 14.8. The molecule has 0 radical (unpaired) electrons. The van der Waals surface area contributed by atoms with Crippen LogP contribution in [0.4, 0.5) is 0 Å². The second-order valence-electron chi connectivity index (χ2n) is 5.11. The first-order valence-electron chi connectivity index (χ1n) is 7.12. The van der Waals surface area contributed by atoms with Gasteiger partial charge in [-0.05, 0) is 41.7 Å². The maximum Gasteiger partial charge on any atom is 0.0430 e. The van der Waals surface area contributed by atoms with Crippen LogP contribution in [0.1, 0.15) is 18.1 Å².